The molecule has 3 aromatic rings. The third-order valence-electron chi connectivity index (χ3n) is 5.11. The first-order chi connectivity index (χ1) is 19.3. The second-order valence-electron chi connectivity index (χ2n) is 7.69. The topological polar surface area (TPSA) is 208 Å². The molecule has 0 unspecified atom stereocenters. The Morgan fingerprint density at radius 2 is 1.98 bits per heavy atom. The zero-order valence-corrected chi connectivity index (χ0v) is 23.4. The van der Waals surface area contributed by atoms with Crippen molar-refractivity contribution in [3.63, 3.8) is 0 Å². The quantitative estimate of drug-likeness (QED) is 0.0779. The number of nitrogens with one attached hydrogen (secondary N) is 1. The van der Waals surface area contributed by atoms with Crippen molar-refractivity contribution in [3.8, 4) is 11.5 Å². The molecular weight excluding hydrogens is 590 g/mol. The third-order valence-corrected chi connectivity index (χ3v) is 6.89. The van der Waals surface area contributed by atoms with Gasteiger partial charge in [0.25, 0.3) is 10.1 Å². The largest absolute Gasteiger partial charge is 0.355 e. The molecule has 0 fully saturated rings. The molecule has 0 radical (unpaired) electrons. The van der Waals surface area contributed by atoms with Gasteiger partial charge in [0.2, 0.25) is 11.6 Å². The Hall–Kier alpha value is -3.05. The second kappa shape index (κ2) is 14.0. The average molecular weight is 614 g/mol. The number of hydrogen-bond acceptors (Lipinski definition) is 17. The first-order valence-electron chi connectivity index (χ1n) is 11.3. The summed E-state index contributed by atoms with van der Waals surface area (Å²) in [6.07, 6.45) is 1.63. The molecule has 3 aromatic heterocycles. The Balaban J connectivity index is 1.64. The highest BCUT2D eigenvalue weighted by molar-refractivity contribution is 8.11. The molecule has 40 heavy (non-hydrogen) atoms. The summed E-state index contributed by atoms with van der Waals surface area (Å²) in [7, 11) is -2.68. The molecule has 1 aliphatic rings. The van der Waals surface area contributed by atoms with Crippen LogP contribution in [0.5, 0.6) is 0 Å². The van der Waals surface area contributed by atoms with Crippen LogP contribution in [0.15, 0.2) is 46.6 Å². The number of rotatable bonds is 14. The van der Waals surface area contributed by atoms with E-state index in [-0.39, 0.29) is 18.8 Å². The van der Waals surface area contributed by atoms with Gasteiger partial charge in [-0.25, -0.2) is 15.2 Å². The van der Waals surface area contributed by atoms with Gasteiger partial charge in [-0.05, 0) is 31.2 Å². The fourth-order valence-corrected chi connectivity index (χ4v) is 4.73. The normalized spacial score (nSPS) is 14.0. The maximum Gasteiger partial charge on any atom is 0.266 e. The van der Waals surface area contributed by atoms with Gasteiger partial charge < -0.3 is 4.90 Å². The average Bonchev–Trinajstić information content (AvgIpc) is 3.49. The van der Waals surface area contributed by atoms with Crippen LogP contribution in [0.25, 0.3) is 11.5 Å². The molecule has 0 amide bonds. The molecule has 4 rings (SSSR count). The van der Waals surface area contributed by atoms with Crippen molar-refractivity contribution >= 4 is 56.5 Å². The Kier molecular flexibility index (Phi) is 10.5. The van der Waals surface area contributed by atoms with Gasteiger partial charge in [0.15, 0.2) is 5.04 Å². The Morgan fingerprint density at radius 1 is 1.15 bits per heavy atom. The van der Waals surface area contributed by atoms with Gasteiger partial charge in [-0.15, -0.1) is 23.9 Å². The molecule has 17 nitrogen and oxygen atoms in total. The summed E-state index contributed by atoms with van der Waals surface area (Å²) in [6.45, 7) is 1.94. The fourth-order valence-electron chi connectivity index (χ4n) is 3.37. The summed E-state index contributed by atoms with van der Waals surface area (Å²) in [5.41, 5.74) is 4.28. The number of hydroxylamine groups is 1. The van der Waals surface area contributed by atoms with E-state index in [2.05, 4.69) is 40.1 Å². The molecule has 0 saturated heterocycles. The van der Waals surface area contributed by atoms with Crippen LogP contribution in [-0.2, 0) is 28.8 Å². The van der Waals surface area contributed by atoms with Crippen LogP contribution in [0, 0.1) is 6.92 Å². The molecule has 0 bridgehead atoms. The third kappa shape index (κ3) is 7.78. The standard InChI is InChI=1S/C20H23N9O8S3/c1-13-14(6-7-16(23-13)28(9-11-38-37-35-30)10-12-40(31,32)33)24-17-19-26-25-18(15-5-3-4-8-22-15)29(19)27-20(17)39-36-34-21-2/h3-8,21,30H,9-12H2,1-2H3,(H,31,32,33). The summed E-state index contributed by atoms with van der Waals surface area (Å²) in [5.74, 6) is 0.951. The molecule has 4 heterocycles. The van der Waals surface area contributed by atoms with Crippen molar-refractivity contribution in [1.29, 1.82) is 0 Å². The number of pyridine rings is 2. The van der Waals surface area contributed by atoms with Crippen LogP contribution >= 0.6 is 24.1 Å². The fraction of sp³-hybridized carbons (Fsp3) is 0.300. The van der Waals surface area contributed by atoms with Crippen LogP contribution in [-0.4, -0.2) is 85.5 Å². The first-order valence-corrected chi connectivity index (χ1v) is 14.6. The number of fused-ring (bicyclic) bond motifs is 1. The van der Waals surface area contributed by atoms with Crippen molar-refractivity contribution in [2.75, 3.05) is 36.5 Å². The number of aryl methyl sites for hydroxylation is 1. The number of aliphatic imine (C=N–C) groups is 1. The minimum absolute atomic E-state index is 0.0463. The second-order valence-corrected chi connectivity index (χ2v) is 10.7. The molecule has 1 aliphatic heterocycles. The Labute approximate surface area is 236 Å². The minimum Gasteiger partial charge on any atom is -0.355 e. The van der Waals surface area contributed by atoms with Gasteiger partial charge in [-0.3, -0.25) is 9.54 Å². The van der Waals surface area contributed by atoms with E-state index in [0.717, 1.165) is 24.1 Å². The van der Waals surface area contributed by atoms with E-state index in [1.807, 2.05) is 6.07 Å². The van der Waals surface area contributed by atoms with E-state index in [0.29, 0.717) is 45.3 Å². The lowest BCUT2D eigenvalue weighted by Crippen LogP contribution is -2.32. The maximum absolute atomic E-state index is 11.3. The van der Waals surface area contributed by atoms with Gasteiger partial charge in [0.05, 0.1) is 29.2 Å². The van der Waals surface area contributed by atoms with Gasteiger partial charge in [-0.1, -0.05) is 11.1 Å². The molecule has 3 N–H and O–H groups in total. The summed E-state index contributed by atoms with van der Waals surface area (Å²) < 4.78 is 42.8. The predicted octanol–water partition coefficient (Wildman–Crippen LogP) is 1.83. The van der Waals surface area contributed by atoms with Crippen molar-refractivity contribution in [2.24, 2.45) is 10.1 Å². The molecule has 0 atom stereocenters. The SMILES string of the molecule is CNOOSC1=Nn2c(nnc2-c2ccccn2)C1=Nc1ccc(N(CCSOOO)CCS(=O)(=O)O)nc1C. The van der Waals surface area contributed by atoms with Crippen molar-refractivity contribution in [1.82, 2.24) is 30.3 Å². The van der Waals surface area contributed by atoms with E-state index >= 15 is 0 Å². The van der Waals surface area contributed by atoms with Crippen molar-refractivity contribution in [2.45, 2.75) is 6.92 Å². The highest BCUT2D eigenvalue weighted by Crippen LogP contribution is 2.28. The number of nitrogens with zero attached hydrogens (tertiary/aromatic N) is 8. The number of anilines is 1. The van der Waals surface area contributed by atoms with Crippen LogP contribution in [0.4, 0.5) is 11.5 Å². The molecule has 214 valence electrons. The smallest absolute Gasteiger partial charge is 0.266 e. The summed E-state index contributed by atoms with van der Waals surface area (Å²) in [6, 6.07) is 8.71. The van der Waals surface area contributed by atoms with E-state index in [9.17, 15) is 13.0 Å². The van der Waals surface area contributed by atoms with Crippen LogP contribution in [0.2, 0.25) is 0 Å². The van der Waals surface area contributed by atoms with Crippen LogP contribution < -0.4 is 10.4 Å². The summed E-state index contributed by atoms with van der Waals surface area (Å²) in [4.78, 5) is 20.0. The van der Waals surface area contributed by atoms with E-state index in [1.165, 1.54) is 11.7 Å². The zero-order chi connectivity index (χ0) is 28.5. The molecular formula is C20H23N9O8S3. The van der Waals surface area contributed by atoms with Gasteiger partial charge in [0.1, 0.15) is 17.2 Å². The lowest BCUT2D eigenvalue weighted by atomic mass is 10.3. The van der Waals surface area contributed by atoms with E-state index in [1.54, 1.807) is 42.3 Å². The molecule has 20 heteroatoms. The highest BCUT2D eigenvalue weighted by atomic mass is 32.2. The number of aromatic nitrogens is 5. The predicted molar refractivity (Wildman–Crippen MR) is 146 cm³/mol. The molecule has 0 spiro atoms. The number of hydrogen-bond donors (Lipinski definition) is 3. The molecule has 0 saturated carbocycles. The Bertz CT molecular complexity index is 1470. The zero-order valence-electron chi connectivity index (χ0n) is 20.9. The van der Waals surface area contributed by atoms with Gasteiger partial charge in [-0.2, -0.15) is 23.7 Å². The molecule has 0 aromatic carbocycles. The summed E-state index contributed by atoms with van der Waals surface area (Å²) in [5, 5.41) is 25.2. The Morgan fingerprint density at radius 3 is 2.67 bits per heavy atom. The minimum atomic E-state index is -4.21. The lowest BCUT2D eigenvalue weighted by molar-refractivity contribution is -0.432. The summed E-state index contributed by atoms with van der Waals surface area (Å²) >= 11 is 1.61. The van der Waals surface area contributed by atoms with Gasteiger partial charge in [0, 0.05) is 44.1 Å². The first kappa shape index (κ1) is 29.9. The van der Waals surface area contributed by atoms with Crippen molar-refractivity contribution in [3.05, 3.63) is 48.0 Å². The molecule has 0 aliphatic carbocycles. The maximum atomic E-state index is 11.3. The monoisotopic (exact) mass is 613 g/mol. The highest BCUT2D eigenvalue weighted by Gasteiger charge is 2.31. The van der Waals surface area contributed by atoms with E-state index < -0.39 is 15.9 Å². The van der Waals surface area contributed by atoms with Crippen molar-refractivity contribution < 1.29 is 36.9 Å². The van der Waals surface area contributed by atoms with Crippen LogP contribution in [0.3, 0.4) is 0 Å². The van der Waals surface area contributed by atoms with E-state index in [4.69, 9.17) is 19.6 Å². The lowest BCUT2D eigenvalue weighted by Gasteiger charge is -2.23. The van der Waals surface area contributed by atoms with Gasteiger partial charge >= 0.3 is 0 Å². The van der Waals surface area contributed by atoms with Crippen LogP contribution in [0.1, 0.15) is 11.5 Å².